The molecule has 11 heavy (non-hydrogen) atoms. The summed E-state index contributed by atoms with van der Waals surface area (Å²) in [7, 11) is 0. The number of H-pyrrole nitrogens is 1. The quantitative estimate of drug-likeness (QED) is 0.487. The first-order valence-corrected chi connectivity index (χ1v) is 3.49. The van der Waals surface area contributed by atoms with Crippen LogP contribution in [0.3, 0.4) is 0 Å². The standard InChI is InChI=1S/C7H12N2O2/c10-5-6(11)4-9-7-2-1-3-8-7/h1-3,6,8-11H,4-5H2. The fourth-order valence-electron chi connectivity index (χ4n) is 0.733. The summed E-state index contributed by atoms with van der Waals surface area (Å²) in [6.45, 7) is 0.144. The summed E-state index contributed by atoms with van der Waals surface area (Å²) in [4.78, 5) is 2.91. The van der Waals surface area contributed by atoms with Crippen LogP contribution in [-0.2, 0) is 0 Å². The lowest BCUT2D eigenvalue weighted by atomic mass is 10.4. The minimum Gasteiger partial charge on any atom is -0.394 e. The van der Waals surface area contributed by atoms with Gasteiger partial charge in [-0.3, -0.25) is 0 Å². The van der Waals surface area contributed by atoms with Crippen molar-refractivity contribution in [2.45, 2.75) is 6.10 Å². The maximum Gasteiger partial charge on any atom is 0.103 e. The molecule has 1 aromatic heterocycles. The Bertz CT molecular complexity index is 186. The zero-order chi connectivity index (χ0) is 8.10. The van der Waals surface area contributed by atoms with Gasteiger partial charge in [0.25, 0.3) is 0 Å². The van der Waals surface area contributed by atoms with Crippen molar-refractivity contribution >= 4 is 5.82 Å². The van der Waals surface area contributed by atoms with E-state index in [2.05, 4.69) is 10.3 Å². The first kappa shape index (κ1) is 8.10. The first-order valence-electron chi connectivity index (χ1n) is 3.49. The van der Waals surface area contributed by atoms with Crippen molar-refractivity contribution in [3.8, 4) is 0 Å². The third kappa shape index (κ3) is 2.61. The van der Waals surface area contributed by atoms with E-state index in [0.717, 1.165) is 5.82 Å². The highest BCUT2D eigenvalue weighted by atomic mass is 16.3. The monoisotopic (exact) mass is 156 g/mol. The topological polar surface area (TPSA) is 68.3 Å². The average molecular weight is 156 g/mol. The fraction of sp³-hybridized carbons (Fsp3) is 0.429. The van der Waals surface area contributed by atoms with E-state index in [1.807, 2.05) is 12.1 Å². The zero-order valence-electron chi connectivity index (χ0n) is 6.12. The van der Waals surface area contributed by atoms with Crippen molar-refractivity contribution in [1.82, 2.24) is 4.98 Å². The van der Waals surface area contributed by atoms with Crippen molar-refractivity contribution in [3.05, 3.63) is 18.3 Å². The molecule has 0 saturated carbocycles. The Balaban J connectivity index is 2.23. The van der Waals surface area contributed by atoms with Gasteiger partial charge in [0.15, 0.2) is 0 Å². The maximum atomic E-state index is 8.93. The summed E-state index contributed by atoms with van der Waals surface area (Å²) in [5.74, 6) is 0.845. The van der Waals surface area contributed by atoms with Crippen LogP contribution >= 0.6 is 0 Å². The normalized spacial score (nSPS) is 12.9. The van der Waals surface area contributed by atoms with Crippen LogP contribution in [0.4, 0.5) is 5.82 Å². The van der Waals surface area contributed by atoms with Gasteiger partial charge in [0.05, 0.1) is 12.7 Å². The van der Waals surface area contributed by atoms with Crippen LogP contribution in [0.1, 0.15) is 0 Å². The lowest BCUT2D eigenvalue weighted by molar-refractivity contribution is 0.105. The predicted octanol–water partition coefficient (Wildman–Crippen LogP) is -0.220. The highest BCUT2D eigenvalue weighted by Crippen LogP contribution is 2.00. The number of hydrogen-bond acceptors (Lipinski definition) is 3. The Kier molecular flexibility index (Phi) is 2.95. The molecule has 0 fully saturated rings. The van der Waals surface area contributed by atoms with Crippen LogP contribution in [0.2, 0.25) is 0 Å². The molecule has 1 heterocycles. The Labute approximate surface area is 64.9 Å². The molecule has 0 amide bonds. The molecule has 4 heteroatoms. The predicted molar refractivity (Wildman–Crippen MR) is 42.4 cm³/mol. The minimum absolute atomic E-state index is 0.215. The number of aromatic amines is 1. The lowest BCUT2D eigenvalue weighted by Crippen LogP contribution is -2.22. The van der Waals surface area contributed by atoms with Crippen LogP contribution in [0.5, 0.6) is 0 Å². The van der Waals surface area contributed by atoms with Crippen LogP contribution in [-0.4, -0.2) is 34.5 Å². The molecule has 1 unspecified atom stereocenters. The SMILES string of the molecule is OCC(O)CNc1ccc[nH]1. The second-order valence-corrected chi connectivity index (χ2v) is 2.30. The molecule has 0 aliphatic carbocycles. The number of aliphatic hydroxyl groups excluding tert-OH is 2. The van der Waals surface area contributed by atoms with Gasteiger partial charge >= 0.3 is 0 Å². The molecule has 0 aliphatic rings. The molecule has 62 valence electrons. The third-order valence-corrected chi connectivity index (χ3v) is 1.34. The van der Waals surface area contributed by atoms with Crippen molar-refractivity contribution < 1.29 is 10.2 Å². The second kappa shape index (κ2) is 4.00. The minimum atomic E-state index is -0.696. The summed E-state index contributed by atoms with van der Waals surface area (Å²) in [5.41, 5.74) is 0. The summed E-state index contributed by atoms with van der Waals surface area (Å²) in [5, 5.41) is 20.3. The highest BCUT2D eigenvalue weighted by Gasteiger charge is 2.00. The van der Waals surface area contributed by atoms with Crippen LogP contribution < -0.4 is 5.32 Å². The molecule has 0 saturated heterocycles. The van der Waals surface area contributed by atoms with E-state index in [4.69, 9.17) is 10.2 Å². The number of rotatable bonds is 4. The van der Waals surface area contributed by atoms with Crippen LogP contribution in [0.25, 0.3) is 0 Å². The maximum absolute atomic E-state index is 8.93. The molecule has 1 aromatic rings. The first-order chi connectivity index (χ1) is 5.33. The third-order valence-electron chi connectivity index (χ3n) is 1.34. The number of hydrogen-bond donors (Lipinski definition) is 4. The Hall–Kier alpha value is -1.00. The highest BCUT2D eigenvalue weighted by molar-refractivity contribution is 5.34. The Morgan fingerprint density at radius 2 is 2.45 bits per heavy atom. The van der Waals surface area contributed by atoms with Gasteiger partial charge in [0.1, 0.15) is 5.82 Å². The molecule has 1 atom stereocenters. The van der Waals surface area contributed by atoms with E-state index in [1.54, 1.807) is 6.20 Å². The molecule has 0 bridgehead atoms. The van der Waals surface area contributed by atoms with E-state index >= 15 is 0 Å². The van der Waals surface area contributed by atoms with E-state index in [0.29, 0.717) is 6.54 Å². The molecular weight excluding hydrogens is 144 g/mol. The Morgan fingerprint density at radius 3 is 3.00 bits per heavy atom. The number of aliphatic hydroxyl groups is 2. The van der Waals surface area contributed by atoms with Gasteiger partial charge in [-0.15, -0.1) is 0 Å². The molecule has 0 aliphatic heterocycles. The van der Waals surface area contributed by atoms with E-state index in [1.165, 1.54) is 0 Å². The second-order valence-electron chi connectivity index (χ2n) is 2.30. The average Bonchev–Trinajstić information content (AvgIpc) is 2.52. The van der Waals surface area contributed by atoms with Gasteiger partial charge in [0.2, 0.25) is 0 Å². The van der Waals surface area contributed by atoms with Crippen LogP contribution in [0, 0.1) is 0 Å². The lowest BCUT2D eigenvalue weighted by Gasteiger charge is -2.07. The molecule has 0 aromatic carbocycles. The summed E-state index contributed by atoms with van der Waals surface area (Å²) in [6.07, 6.45) is 1.09. The summed E-state index contributed by atoms with van der Waals surface area (Å²) < 4.78 is 0. The van der Waals surface area contributed by atoms with Gasteiger partial charge in [-0.05, 0) is 12.1 Å². The number of nitrogens with one attached hydrogen (secondary N) is 2. The summed E-state index contributed by atoms with van der Waals surface area (Å²) >= 11 is 0. The fourth-order valence-corrected chi connectivity index (χ4v) is 0.733. The van der Waals surface area contributed by atoms with Crippen molar-refractivity contribution in [2.75, 3.05) is 18.5 Å². The van der Waals surface area contributed by atoms with E-state index < -0.39 is 6.10 Å². The van der Waals surface area contributed by atoms with Crippen molar-refractivity contribution in [3.63, 3.8) is 0 Å². The number of aromatic nitrogens is 1. The number of anilines is 1. The molecule has 0 radical (unpaired) electrons. The molecule has 0 spiro atoms. The van der Waals surface area contributed by atoms with Gasteiger partial charge < -0.3 is 20.5 Å². The molecule has 4 N–H and O–H groups in total. The van der Waals surface area contributed by atoms with Crippen LogP contribution in [0.15, 0.2) is 18.3 Å². The van der Waals surface area contributed by atoms with Gasteiger partial charge in [-0.2, -0.15) is 0 Å². The van der Waals surface area contributed by atoms with Gasteiger partial charge in [0, 0.05) is 12.7 Å². The van der Waals surface area contributed by atoms with E-state index in [-0.39, 0.29) is 6.61 Å². The molecular formula is C7H12N2O2. The van der Waals surface area contributed by atoms with Gasteiger partial charge in [-0.25, -0.2) is 0 Å². The van der Waals surface area contributed by atoms with E-state index in [9.17, 15) is 0 Å². The van der Waals surface area contributed by atoms with Crippen molar-refractivity contribution in [2.24, 2.45) is 0 Å². The molecule has 1 rings (SSSR count). The van der Waals surface area contributed by atoms with Gasteiger partial charge in [-0.1, -0.05) is 0 Å². The van der Waals surface area contributed by atoms with Crippen molar-refractivity contribution in [1.29, 1.82) is 0 Å². The smallest absolute Gasteiger partial charge is 0.103 e. The zero-order valence-corrected chi connectivity index (χ0v) is 6.12. The molecule has 4 nitrogen and oxygen atoms in total. The largest absolute Gasteiger partial charge is 0.394 e. The Morgan fingerprint density at radius 1 is 1.64 bits per heavy atom. The summed E-state index contributed by atoms with van der Waals surface area (Å²) in [6, 6.07) is 3.71.